The maximum absolute atomic E-state index is 12.4. The maximum Gasteiger partial charge on any atom is 0.261 e. The smallest absolute Gasteiger partial charge is 0.261 e. The monoisotopic (exact) mass is 438 g/mol. The number of amides is 2. The third kappa shape index (κ3) is 6.24. The molecule has 1 aromatic heterocycles. The van der Waals surface area contributed by atoms with E-state index in [2.05, 4.69) is 10.6 Å². The van der Waals surface area contributed by atoms with Crippen molar-refractivity contribution in [2.45, 2.75) is 26.1 Å². The molecule has 7 heteroatoms. The predicted octanol–water partition coefficient (Wildman–Crippen LogP) is 3.29. The second-order valence-electron chi connectivity index (χ2n) is 7.44. The Morgan fingerprint density at radius 1 is 0.710 bits per heavy atom. The van der Waals surface area contributed by atoms with Crippen LogP contribution in [0.3, 0.4) is 0 Å². The Morgan fingerprint density at radius 3 is 1.42 bits per heavy atom. The zero-order valence-electron chi connectivity index (χ0n) is 17.5. The second-order valence-corrected chi connectivity index (χ2v) is 8.52. The summed E-state index contributed by atoms with van der Waals surface area (Å²) in [4.78, 5) is 25.5. The van der Waals surface area contributed by atoms with Crippen LogP contribution in [0.25, 0.3) is 0 Å². The van der Waals surface area contributed by atoms with Crippen molar-refractivity contribution in [2.24, 2.45) is 0 Å². The molecule has 162 valence electrons. The summed E-state index contributed by atoms with van der Waals surface area (Å²) in [7, 11) is 0. The van der Waals surface area contributed by atoms with Crippen molar-refractivity contribution in [3.8, 4) is 0 Å². The van der Waals surface area contributed by atoms with Gasteiger partial charge < -0.3 is 20.8 Å². The van der Waals surface area contributed by atoms with Gasteiger partial charge in [-0.3, -0.25) is 9.59 Å². The summed E-state index contributed by atoms with van der Waals surface area (Å²) in [5.41, 5.74) is 3.64. The predicted molar refractivity (Wildman–Crippen MR) is 121 cm³/mol. The molecule has 2 aromatic carbocycles. The fourth-order valence-electron chi connectivity index (χ4n) is 2.95. The number of carbonyl (C=O) groups is 2. The van der Waals surface area contributed by atoms with Gasteiger partial charge in [-0.15, -0.1) is 11.3 Å². The molecule has 31 heavy (non-hydrogen) atoms. The number of aliphatic hydroxyl groups is 2. The largest absolute Gasteiger partial charge is 0.387 e. The number of hydrogen-bond acceptors (Lipinski definition) is 5. The minimum Gasteiger partial charge on any atom is -0.387 e. The molecule has 3 rings (SSSR count). The molecule has 6 nitrogen and oxygen atoms in total. The third-order valence-electron chi connectivity index (χ3n) is 4.89. The number of thiophene rings is 1. The van der Waals surface area contributed by atoms with Gasteiger partial charge in [-0.1, -0.05) is 59.7 Å². The Labute approximate surface area is 185 Å². The first-order valence-electron chi connectivity index (χ1n) is 9.99. The van der Waals surface area contributed by atoms with E-state index in [1.807, 2.05) is 62.4 Å². The molecule has 2 atom stereocenters. The number of aryl methyl sites for hydroxylation is 2. The lowest BCUT2D eigenvalue weighted by Gasteiger charge is -2.12. The highest BCUT2D eigenvalue weighted by atomic mass is 32.1. The Morgan fingerprint density at radius 2 is 1.06 bits per heavy atom. The number of aliphatic hydroxyl groups excluding tert-OH is 2. The van der Waals surface area contributed by atoms with Gasteiger partial charge in [-0.25, -0.2) is 0 Å². The number of benzene rings is 2. The van der Waals surface area contributed by atoms with E-state index in [9.17, 15) is 19.8 Å². The number of carbonyl (C=O) groups excluding carboxylic acids is 2. The molecule has 0 saturated heterocycles. The van der Waals surface area contributed by atoms with E-state index < -0.39 is 12.2 Å². The van der Waals surface area contributed by atoms with E-state index in [0.717, 1.165) is 33.6 Å². The highest BCUT2D eigenvalue weighted by molar-refractivity contribution is 7.15. The van der Waals surface area contributed by atoms with E-state index in [-0.39, 0.29) is 24.9 Å². The molecule has 0 radical (unpaired) electrons. The first kappa shape index (κ1) is 22.7. The van der Waals surface area contributed by atoms with E-state index in [1.54, 1.807) is 12.1 Å². The first-order valence-corrected chi connectivity index (χ1v) is 10.8. The summed E-state index contributed by atoms with van der Waals surface area (Å²) < 4.78 is 0. The molecule has 0 aliphatic carbocycles. The van der Waals surface area contributed by atoms with Crippen LogP contribution in [0.4, 0.5) is 0 Å². The van der Waals surface area contributed by atoms with Crippen LogP contribution in [0.15, 0.2) is 60.7 Å². The number of rotatable bonds is 8. The summed E-state index contributed by atoms with van der Waals surface area (Å²) in [5.74, 6) is -0.704. The molecule has 2 amide bonds. The fourth-order valence-corrected chi connectivity index (χ4v) is 3.79. The maximum atomic E-state index is 12.4. The average Bonchev–Trinajstić information content (AvgIpc) is 3.27. The van der Waals surface area contributed by atoms with Crippen LogP contribution in [0, 0.1) is 13.8 Å². The van der Waals surface area contributed by atoms with Crippen molar-refractivity contribution in [1.29, 1.82) is 0 Å². The van der Waals surface area contributed by atoms with Gasteiger partial charge in [0.15, 0.2) is 0 Å². The molecule has 3 aromatic rings. The first-order chi connectivity index (χ1) is 14.8. The van der Waals surface area contributed by atoms with Crippen molar-refractivity contribution >= 4 is 23.2 Å². The Kier molecular flexibility index (Phi) is 7.57. The fraction of sp³-hybridized carbons (Fsp3) is 0.250. The van der Waals surface area contributed by atoms with Crippen LogP contribution in [-0.2, 0) is 0 Å². The zero-order valence-corrected chi connectivity index (χ0v) is 18.3. The van der Waals surface area contributed by atoms with Gasteiger partial charge in [0, 0.05) is 13.1 Å². The standard InChI is InChI=1S/C24H26N2O4S/c1-15-3-7-17(8-4-15)19(27)13-25-23(29)21-11-12-22(31-21)24(30)26-14-20(28)18-9-5-16(2)6-10-18/h3-12,19-20,27-28H,13-14H2,1-2H3,(H,25,29)(H,26,30). The third-order valence-corrected chi connectivity index (χ3v) is 5.97. The topological polar surface area (TPSA) is 98.7 Å². The molecular formula is C24H26N2O4S. The molecule has 1 heterocycles. The van der Waals surface area contributed by atoms with Crippen LogP contribution >= 0.6 is 11.3 Å². The summed E-state index contributed by atoms with van der Waals surface area (Å²) in [5, 5.41) is 25.8. The van der Waals surface area contributed by atoms with E-state index >= 15 is 0 Å². The molecule has 0 aliphatic heterocycles. The molecule has 0 spiro atoms. The Bertz CT molecular complexity index is 946. The van der Waals surface area contributed by atoms with Gasteiger partial charge in [0.2, 0.25) is 0 Å². The Balaban J connectivity index is 1.50. The van der Waals surface area contributed by atoms with Crippen LogP contribution in [0.1, 0.15) is 53.8 Å². The highest BCUT2D eigenvalue weighted by Gasteiger charge is 2.16. The molecule has 0 bridgehead atoms. The van der Waals surface area contributed by atoms with Crippen LogP contribution in [-0.4, -0.2) is 35.1 Å². The summed E-state index contributed by atoms with van der Waals surface area (Å²) in [6, 6.07) is 18.1. The van der Waals surface area contributed by atoms with Crippen molar-refractivity contribution < 1.29 is 19.8 Å². The zero-order chi connectivity index (χ0) is 22.4. The SMILES string of the molecule is Cc1ccc(C(O)CNC(=O)c2ccc(C(=O)NCC(O)c3ccc(C)cc3)s2)cc1. The number of nitrogens with one attached hydrogen (secondary N) is 2. The van der Waals surface area contributed by atoms with E-state index in [1.165, 1.54) is 0 Å². The van der Waals surface area contributed by atoms with Crippen molar-refractivity contribution in [3.63, 3.8) is 0 Å². The van der Waals surface area contributed by atoms with E-state index in [0.29, 0.717) is 9.75 Å². The van der Waals surface area contributed by atoms with Crippen molar-refractivity contribution in [3.05, 3.63) is 92.7 Å². The normalized spacial score (nSPS) is 12.8. The molecule has 2 unspecified atom stereocenters. The molecular weight excluding hydrogens is 412 g/mol. The summed E-state index contributed by atoms with van der Waals surface area (Å²) >= 11 is 1.06. The molecule has 4 N–H and O–H groups in total. The number of hydrogen-bond donors (Lipinski definition) is 4. The van der Waals surface area contributed by atoms with Gasteiger partial charge in [0.1, 0.15) is 0 Å². The van der Waals surface area contributed by atoms with Gasteiger partial charge in [-0.05, 0) is 37.1 Å². The van der Waals surface area contributed by atoms with Gasteiger partial charge >= 0.3 is 0 Å². The molecule has 0 fully saturated rings. The lowest BCUT2D eigenvalue weighted by Crippen LogP contribution is -2.28. The highest BCUT2D eigenvalue weighted by Crippen LogP contribution is 2.18. The average molecular weight is 439 g/mol. The van der Waals surface area contributed by atoms with Crippen LogP contribution < -0.4 is 10.6 Å². The van der Waals surface area contributed by atoms with Gasteiger partial charge in [0.25, 0.3) is 11.8 Å². The van der Waals surface area contributed by atoms with Crippen molar-refractivity contribution in [1.82, 2.24) is 10.6 Å². The van der Waals surface area contributed by atoms with Crippen molar-refractivity contribution in [2.75, 3.05) is 13.1 Å². The minimum atomic E-state index is -0.810. The van der Waals surface area contributed by atoms with E-state index in [4.69, 9.17) is 0 Å². The molecule has 0 aliphatic rings. The summed E-state index contributed by atoms with van der Waals surface area (Å²) in [6.45, 7) is 4.07. The minimum absolute atomic E-state index is 0.0735. The summed E-state index contributed by atoms with van der Waals surface area (Å²) in [6.07, 6.45) is -1.62. The second kappa shape index (κ2) is 10.3. The quantitative estimate of drug-likeness (QED) is 0.434. The lowest BCUT2D eigenvalue weighted by molar-refractivity contribution is 0.0915. The van der Waals surface area contributed by atoms with Crippen LogP contribution in [0.2, 0.25) is 0 Å². The molecule has 0 saturated carbocycles. The van der Waals surface area contributed by atoms with Gasteiger partial charge in [0.05, 0.1) is 22.0 Å². The van der Waals surface area contributed by atoms with Gasteiger partial charge in [-0.2, -0.15) is 0 Å². The lowest BCUT2D eigenvalue weighted by atomic mass is 10.1. The Hall–Kier alpha value is -3.00. The van der Waals surface area contributed by atoms with Crippen LogP contribution in [0.5, 0.6) is 0 Å².